The standard InChI is InChI=1S/C19H26N2O4/c1-5-25-19(23)18-15(7-6-8-17(22)24-4)14-10-9-13(12-21(2)3)11-16(14)20-18/h9-11,20H,5-8,12H2,1-4H3. The van der Waals surface area contributed by atoms with Crippen LogP contribution in [0.3, 0.4) is 0 Å². The molecule has 0 saturated carbocycles. The highest BCUT2D eigenvalue weighted by Gasteiger charge is 2.19. The van der Waals surface area contributed by atoms with Crippen LogP contribution in [0.4, 0.5) is 0 Å². The predicted octanol–water partition coefficient (Wildman–Crippen LogP) is 2.90. The van der Waals surface area contributed by atoms with Gasteiger partial charge < -0.3 is 19.4 Å². The zero-order valence-electron chi connectivity index (χ0n) is 15.3. The number of methoxy groups -OCH3 is 1. The predicted molar refractivity (Wildman–Crippen MR) is 96.6 cm³/mol. The van der Waals surface area contributed by atoms with E-state index in [2.05, 4.69) is 26.8 Å². The van der Waals surface area contributed by atoms with Crippen molar-refractivity contribution in [1.82, 2.24) is 9.88 Å². The Bertz CT molecular complexity index is 749. The van der Waals surface area contributed by atoms with Crippen LogP contribution in [0.2, 0.25) is 0 Å². The Balaban J connectivity index is 2.34. The minimum absolute atomic E-state index is 0.245. The zero-order valence-corrected chi connectivity index (χ0v) is 15.3. The van der Waals surface area contributed by atoms with Crippen LogP contribution in [0.5, 0.6) is 0 Å². The van der Waals surface area contributed by atoms with Crippen molar-refractivity contribution >= 4 is 22.8 Å². The molecule has 0 aliphatic carbocycles. The average Bonchev–Trinajstić information content (AvgIpc) is 2.92. The van der Waals surface area contributed by atoms with E-state index in [-0.39, 0.29) is 11.9 Å². The molecule has 0 spiro atoms. The number of hydrogen-bond donors (Lipinski definition) is 1. The number of aromatic nitrogens is 1. The van der Waals surface area contributed by atoms with Crippen molar-refractivity contribution in [2.75, 3.05) is 27.8 Å². The Hall–Kier alpha value is -2.34. The minimum atomic E-state index is -0.360. The van der Waals surface area contributed by atoms with Gasteiger partial charge >= 0.3 is 11.9 Å². The van der Waals surface area contributed by atoms with Gasteiger partial charge in [-0.2, -0.15) is 0 Å². The van der Waals surface area contributed by atoms with Crippen molar-refractivity contribution in [3.63, 3.8) is 0 Å². The van der Waals surface area contributed by atoms with Crippen LogP contribution in [0.25, 0.3) is 10.9 Å². The van der Waals surface area contributed by atoms with Gasteiger partial charge in [0.05, 0.1) is 13.7 Å². The summed E-state index contributed by atoms with van der Waals surface area (Å²) in [4.78, 5) is 28.9. The lowest BCUT2D eigenvalue weighted by Crippen LogP contribution is -2.10. The van der Waals surface area contributed by atoms with Crippen LogP contribution in [-0.4, -0.2) is 49.6 Å². The Kier molecular flexibility index (Phi) is 6.58. The average molecular weight is 346 g/mol. The molecular formula is C19H26N2O4. The van der Waals surface area contributed by atoms with Gasteiger partial charge in [0.25, 0.3) is 0 Å². The van der Waals surface area contributed by atoms with Gasteiger partial charge in [-0.1, -0.05) is 12.1 Å². The van der Waals surface area contributed by atoms with Crippen molar-refractivity contribution < 1.29 is 19.1 Å². The molecule has 0 bridgehead atoms. The number of hydrogen-bond acceptors (Lipinski definition) is 5. The molecule has 0 amide bonds. The monoisotopic (exact) mass is 346 g/mol. The topological polar surface area (TPSA) is 71.6 Å². The molecular weight excluding hydrogens is 320 g/mol. The van der Waals surface area contributed by atoms with Crippen molar-refractivity contribution in [2.24, 2.45) is 0 Å². The molecule has 0 atom stereocenters. The summed E-state index contributed by atoms with van der Waals surface area (Å²) in [5.74, 6) is -0.605. The lowest BCUT2D eigenvalue weighted by molar-refractivity contribution is -0.140. The van der Waals surface area contributed by atoms with Gasteiger partial charge in [0.15, 0.2) is 0 Å². The maximum Gasteiger partial charge on any atom is 0.355 e. The van der Waals surface area contributed by atoms with Gasteiger partial charge in [0, 0.05) is 23.9 Å². The van der Waals surface area contributed by atoms with E-state index in [0.29, 0.717) is 31.6 Å². The summed E-state index contributed by atoms with van der Waals surface area (Å²) in [5.41, 5.74) is 3.45. The van der Waals surface area contributed by atoms with E-state index in [1.54, 1.807) is 6.92 Å². The van der Waals surface area contributed by atoms with Crippen LogP contribution in [0, 0.1) is 0 Å². The fourth-order valence-corrected chi connectivity index (χ4v) is 2.91. The summed E-state index contributed by atoms with van der Waals surface area (Å²) in [7, 11) is 5.41. The van der Waals surface area contributed by atoms with Gasteiger partial charge in [-0.25, -0.2) is 4.79 Å². The highest BCUT2D eigenvalue weighted by molar-refractivity contribution is 5.98. The molecule has 0 fully saturated rings. The summed E-state index contributed by atoms with van der Waals surface area (Å²) in [5, 5.41) is 0.996. The molecule has 6 nitrogen and oxygen atoms in total. The second kappa shape index (κ2) is 8.67. The molecule has 0 saturated heterocycles. The van der Waals surface area contributed by atoms with E-state index >= 15 is 0 Å². The molecule has 1 N–H and O–H groups in total. The number of aryl methyl sites for hydroxylation is 1. The van der Waals surface area contributed by atoms with Crippen molar-refractivity contribution in [2.45, 2.75) is 32.7 Å². The summed E-state index contributed by atoms with van der Waals surface area (Å²) >= 11 is 0. The van der Waals surface area contributed by atoms with E-state index in [9.17, 15) is 9.59 Å². The highest BCUT2D eigenvalue weighted by Crippen LogP contribution is 2.26. The molecule has 0 aliphatic heterocycles. The number of carbonyl (C=O) groups is 2. The smallest absolute Gasteiger partial charge is 0.355 e. The fraction of sp³-hybridized carbons (Fsp3) is 0.474. The third-order valence-electron chi connectivity index (χ3n) is 3.98. The zero-order chi connectivity index (χ0) is 18.4. The quantitative estimate of drug-likeness (QED) is 0.744. The van der Waals surface area contributed by atoms with E-state index in [0.717, 1.165) is 28.6 Å². The van der Waals surface area contributed by atoms with Gasteiger partial charge in [-0.05, 0) is 51.1 Å². The highest BCUT2D eigenvalue weighted by atomic mass is 16.5. The molecule has 136 valence electrons. The number of ether oxygens (including phenoxy) is 2. The Morgan fingerprint density at radius 3 is 2.64 bits per heavy atom. The van der Waals surface area contributed by atoms with Crippen LogP contribution >= 0.6 is 0 Å². The van der Waals surface area contributed by atoms with Crippen LogP contribution in [0.1, 0.15) is 41.4 Å². The van der Waals surface area contributed by atoms with Gasteiger partial charge in [-0.3, -0.25) is 4.79 Å². The summed E-state index contributed by atoms with van der Waals surface area (Å²) in [6.07, 6.45) is 1.55. The first kappa shape index (κ1) is 19.0. The van der Waals surface area contributed by atoms with Crippen molar-refractivity contribution in [3.8, 4) is 0 Å². The molecule has 25 heavy (non-hydrogen) atoms. The van der Waals surface area contributed by atoms with Gasteiger partial charge in [-0.15, -0.1) is 0 Å². The van der Waals surface area contributed by atoms with Crippen molar-refractivity contribution in [1.29, 1.82) is 0 Å². The number of rotatable bonds is 8. The third kappa shape index (κ3) is 4.82. The van der Waals surface area contributed by atoms with Crippen LogP contribution in [0.15, 0.2) is 18.2 Å². The fourth-order valence-electron chi connectivity index (χ4n) is 2.91. The number of H-pyrrole nitrogens is 1. The number of benzene rings is 1. The lowest BCUT2D eigenvalue weighted by Gasteiger charge is -2.09. The van der Waals surface area contributed by atoms with E-state index in [4.69, 9.17) is 4.74 Å². The Morgan fingerprint density at radius 2 is 2.00 bits per heavy atom. The molecule has 1 heterocycles. The SMILES string of the molecule is CCOC(=O)c1[nH]c2cc(CN(C)C)ccc2c1CCCC(=O)OC. The molecule has 6 heteroatoms. The second-order valence-corrected chi connectivity index (χ2v) is 6.25. The minimum Gasteiger partial charge on any atom is -0.469 e. The number of esters is 2. The molecule has 2 aromatic rings. The van der Waals surface area contributed by atoms with Crippen LogP contribution < -0.4 is 0 Å². The molecule has 0 radical (unpaired) electrons. The van der Waals surface area contributed by atoms with E-state index in [1.165, 1.54) is 7.11 Å². The number of nitrogens with one attached hydrogen (secondary N) is 1. The second-order valence-electron chi connectivity index (χ2n) is 6.25. The number of fused-ring (bicyclic) bond motifs is 1. The van der Waals surface area contributed by atoms with E-state index < -0.39 is 0 Å². The Labute approximate surface area is 148 Å². The number of carbonyl (C=O) groups excluding carboxylic acids is 2. The molecule has 1 aromatic heterocycles. The maximum absolute atomic E-state index is 12.3. The Morgan fingerprint density at radius 1 is 1.24 bits per heavy atom. The van der Waals surface area contributed by atoms with E-state index in [1.807, 2.05) is 20.2 Å². The molecule has 2 rings (SSSR count). The number of aromatic amines is 1. The van der Waals surface area contributed by atoms with Crippen LogP contribution in [-0.2, 0) is 27.2 Å². The largest absolute Gasteiger partial charge is 0.469 e. The molecule has 0 aliphatic rings. The first-order valence-electron chi connectivity index (χ1n) is 8.48. The van der Waals surface area contributed by atoms with Crippen molar-refractivity contribution in [3.05, 3.63) is 35.0 Å². The summed E-state index contributed by atoms with van der Waals surface area (Å²) in [6, 6.07) is 6.15. The molecule has 0 unspecified atom stereocenters. The molecule has 1 aromatic carbocycles. The normalized spacial score (nSPS) is 11.1. The third-order valence-corrected chi connectivity index (χ3v) is 3.98. The first-order chi connectivity index (χ1) is 12.0. The van der Waals surface area contributed by atoms with Gasteiger partial charge in [0.1, 0.15) is 5.69 Å². The summed E-state index contributed by atoms with van der Waals surface area (Å²) in [6.45, 7) is 2.93. The summed E-state index contributed by atoms with van der Waals surface area (Å²) < 4.78 is 9.85. The van der Waals surface area contributed by atoms with Gasteiger partial charge in [0.2, 0.25) is 0 Å². The maximum atomic E-state index is 12.3. The first-order valence-corrected chi connectivity index (χ1v) is 8.48. The number of nitrogens with zero attached hydrogens (tertiary/aromatic N) is 1. The lowest BCUT2D eigenvalue weighted by atomic mass is 10.0.